The molecule has 0 amide bonds. The van der Waals surface area contributed by atoms with Crippen LogP contribution < -0.4 is 5.32 Å². The van der Waals surface area contributed by atoms with Crippen LogP contribution in [0, 0.1) is 0 Å². The normalized spacial score (nSPS) is 12.2. The van der Waals surface area contributed by atoms with Gasteiger partial charge in [-0.15, -0.1) is 0 Å². The second kappa shape index (κ2) is 8.64. The van der Waals surface area contributed by atoms with Gasteiger partial charge in [0, 0.05) is 28.5 Å². The maximum atomic E-state index is 11.6. The molecule has 1 rings (SSSR count). The lowest BCUT2D eigenvalue weighted by Gasteiger charge is -2.08. The number of carbonyl (C=O) groups is 1. The molecule has 0 aliphatic heterocycles. The number of ether oxygens (including phenoxy) is 1. The summed E-state index contributed by atoms with van der Waals surface area (Å²) >= 11 is 11.8. The van der Waals surface area contributed by atoms with Crippen LogP contribution in [-0.2, 0) is 9.53 Å². The quantitative estimate of drug-likeness (QED) is 0.522. The molecule has 0 aliphatic rings. The Morgan fingerprint density at radius 1 is 1.29 bits per heavy atom. The molecular formula is C14H17Cl2N3O2. The molecule has 0 atom stereocenters. The number of amidine groups is 1. The van der Waals surface area contributed by atoms with Crippen LogP contribution in [0.1, 0.15) is 13.8 Å². The smallest absolute Gasteiger partial charge is 0.375 e. The van der Waals surface area contributed by atoms with Gasteiger partial charge in [-0.25, -0.2) is 9.79 Å². The molecule has 1 aromatic rings. The van der Waals surface area contributed by atoms with Crippen molar-refractivity contribution in [2.75, 3.05) is 25.5 Å². The summed E-state index contributed by atoms with van der Waals surface area (Å²) in [6, 6.07) is 5.15. The lowest BCUT2D eigenvalue weighted by Crippen LogP contribution is -2.19. The Balaban J connectivity index is 2.69. The molecule has 5 nitrogen and oxygen atoms in total. The van der Waals surface area contributed by atoms with Gasteiger partial charge >= 0.3 is 5.97 Å². The molecule has 0 bridgehead atoms. The molecule has 0 fully saturated rings. The molecule has 0 aliphatic carbocycles. The number of hydrogen-bond donors (Lipinski definition) is 1. The van der Waals surface area contributed by atoms with Gasteiger partial charge in [0.1, 0.15) is 0 Å². The van der Waals surface area contributed by atoms with Crippen molar-refractivity contribution in [2.45, 2.75) is 13.8 Å². The van der Waals surface area contributed by atoms with Crippen LogP contribution in [0.5, 0.6) is 0 Å². The van der Waals surface area contributed by atoms with E-state index in [9.17, 15) is 4.79 Å². The number of nitrogens with one attached hydrogen (secondary N) is 1. The topological polar surface area (TPSA) is 63.0 Å². The zero-order valence-corrected chi connectivity index (χ0v) is 13.6. The molecule has 1 aromatic carbocycles. The molecule has 0 saturated carbocycles. The van der Waals surface area contributed by atoms with Crippen molar-refractivity contribution in [1.29, 1.82) is 0 Å². The van der Waals surface area contributed by atoms with Crippen LogP contribution in [0.25, 0.3) is 0 Å². The Morgan fingerprint density at radius 3 is 2.43 bits per heavy atom. The first kappa shape index (κ1) is 17.5. The Kier molecular flexibility index (Phi) is 7.19. The highest BCUT2D eigenvalue weighted by molar-refractivity contribution is 6.37. The minimum absolute atomic E-state index is 0.0419. The molecular weight excluding hydrogens is 313 g/mol. The van der Waals surface area contributed by atoms with Gasteiger partial charge in [-0.2, -0.15) is 0 Å². The van der Waals surface area contributed by atoms with E-state index < -0.39 is 5.97 Å². The van der Waals surface area contributed by atoms with Crippen molar-refractivity contribution in [3.8, 4) is 0 Å². The molecule has 0 aromatic heterocycles. The lowest BCUT2D eigenvalue weighted by atomic mass is 10.3. The summed E-state index contributed by atoms with van der Waals surface area (Å²) in [6.07, 6.45) is 0. The Labute approximate surface area is 134 Å². The van der Waals surface area contributed by atoms with E-state index in [1.54, 1.807) is 32.0 Å². The van der Waals surface area contributed by atoms with Crippen molar-refractivity contribution < 1.29 is 9.53 Å². The third-order valence-corrected chi connectivity index (χ3v) is 2.81. The molecule has 0 spiro atoms. The molecule has 0 unspecified atom stereocenters. The molecule has 21 heavy (non-hydrogen) atoms. The van der Waals surface area contributed by atoms with Crippen LogP contribution in [0.4, 0.5) is 5.69 Å². The van der Waals surface area contributed by atoms with Gasteiger partial charge in [-0.1, -0.05) is 23.2 Å². The molecule has 114 valence electrons. The van der Waals surface area contributed by atoms with Crippen LogP contribution in [0.2, 0.25) is 10.0 Å². The first-order chi connectivity index (χ1) is 9.96. The highest BCUT2D eigenvalue weighted by atomic mass is 35.5. The maximum absolute atomic E-state index is 11.6. The SMILES string of the molecule is CCOC(=O)C(N=C(C)CNc1cc(Cl)cc(Cl)c1)=NC. The number of halogens is 2. The first-order valence-corrected chi connectivity index (χ1v) is 7.10. The van der Waals surface area contributed by atoms with Gasteiger partial charge in [-0.3, -0.25) is 4.99 Å². The van der Waals surface area contributed by atoms with E-state index >= 15 is 0 Å². The van der Waals surface area contributed by atoms with Gasteiger partial charge in [-0.05, 0) is 32.0 Å². The van der Waals surface area contributed by atoms with E-state index in [2.05, 4.69) is 15.3 Å². The summed E-state index contributed by atoms with van der Waals surface area (Å²) in [5.74, 6) is -0.495. The Bertz CT molecular complexity index is 551. The summed E-state index contributed by atoms with van der Waals surface area (Å²) in [5, 5.41) is 4.21. The summed E-state index contributed by atoms with van der Waals surface area (Å²) in [5.41, 5.74) is 1.45. The van der Waals surface area contributed by atoms with Gasteiger partial charge in [0.05, 0.1) is 13.2 Å². The maximum Gasteiger partial charge on any atom is 0.375 e. The van der Waals surface area contributed by atoms with Crippen molar-refractivity contribution in [2.24, 2.45) is 9.98 Å². The van der Waals surface area contributed by atoms with E-state index in [1.165, 1.54) is 7.05 Å². The van der Waals surface area contributed by atoms with E-state index in [4.69, 9.17) is 27.9 Å². The molecule has 0 saturated heterocycles. The predicted molar refractivity (Wildman–Crippen MR) is 88.1 cm³/mol. The number of nitrogens with zero attached hydrogens (tertiary/aromatic N) is 2. The van der Waals surface area contributed by atoms with Crippen molar-refractivity contribution in [3.63, 3.8) is 0 Å². The number of aliphatic imine (C=N–C) groups is 2. The molecule has 0 radical (unpaired) electrons. The van der Waals surface area contributed by atoms with Gasteiger partial charge in [0.15, 0.2) is 0 Å². The summed E-state index contributed by atoms with van der Waals surface area (Å²) in [6.45, 7) is 4.22. The third-order valence-electron chi connectivity index (χ3n) is 2.38. The van der Waals surface area contributed by atoms with Crippen LogP contribution in [0.15, 0.2) is 28.2 Å². The van der Waals surface area contributed by atoms with Crippen LogP contribution in [-0.4, -0.2) is 37.7 Å². The average Bonchev–Trinajstić information content (AvgIpc) is 2.41. The van der Waals surface area contributed by atoms with Crippen molar-refractivity contribution >= 4 is 46.4 Å². The van der Waals surface area contributed by atoms with Crippen LogP contribution in [0.3, 0.4) is 0 Å². The summed E-state index contributed by atoms with van der Waals surface area (Å²) in [4.78, 5) is 19.5. The van der Waals surface area contributed by atoms with E-state index in [1.807, 2.05) is 0 Å². The minimum Gasteiger partial charge on any atom is -0.460 e. The molecule has 7 heteroatoms. The minimum atomic E-state index is -0.537. The Morgan fingerprint density at radius 2 is 1.90 bits per heavy atom. The second-order valence-electron chi connectivity index (χ2n) is 4.13. The number of carbonyl (C=O) groups excluding carboxylic acids is 1. The number of hydrogen-bond acceptors (Lipinski definition) is 4. The van der Waals surface area contributed by atoms with E-state index in [-0.39, 0.29) is 12.4 Å². The van der Waals surface area contributed by atoms with Gasteiger partial charge in [0.2, 0.25) is 5.84 Å². The van der Waals surface area contributed by atoms with Gasteiger partial charge < -0.3 is 10.1 Å². The number of rotatable bonds is 4. The first-order valence-electron chi connectivity index (χ1n) is 6.34. The highest BCUT2D eigenvalue weighted by Crippen LogP contribution is 2.22. The predicted octanol–water partition coefficient (Wildman–Crippen LogP) is 3.46. The highest BCUT2D eigenvalue weighted by Gasteiger charge is 2.10. The average molecular weight is 330 g/mol. The third kappa shape index (κ3) is 6.14. The number of anilines is 1. The standard InChI is InChI=1S/C14H17Cl2N3O2/c1-4-21-14(20)13(17-3)19-9(2)8-18-12-6-10(15)5-11(16)7-12/h5-7,18H,4,8H2,1-3H3. The van der Waals surface area contributed by atoms with Crippen molar-refractivity contribution in [1.82, 2.24) is 0 Å². The zero-order chi connectivity index (χ0) is 15.8. The monoisotopic (exact) mass is 329 g/mol. The fourth-order valence-electron chi connectivity index (χ4n) is 1.49. The number of benzene rings is 1. The Hall–Kier alpha value is -1.59. The second-order valence-corrected chi connectivity index (χ2v) is 5.00. The fourth-order valence-corrected chi connectivity index (χ4v) is 2.01. The van der Waals surface area contributed by atoms with E-state index in [0.717, 1.165) is 5.69 Å². The largest absolute Gasteiger partial charge is 0.460 e. The lowest BCUT2D eigenvalue weighted by molar-refractivity contribution is -0.135. The fraction of sp³-hybridized carbons (Fsp3) is 0.357. The van der Waals surface area contributed by atoms with Crippen molar-refractivity contribution in [3.05, 3.63) is 28.2 Å². The summed E-state index contributed by atoms with van der Waals surface area (Å²) < 4.78 is 4.86. The summed E-state index contributed by atoms with van der Waals surface area (Å²) in [7, 11) is 1.49. The van der Waals surface area contributed by atoms with Crippen LogP contribution >= 0.6 is 23.2 Å². The van der Waals surface area contributed by atoms with Gasteiger partial charge in [0.25, 0.3) is 0 Å². The number of esters is 1. The van der Waals surface area contributed by atoms with E-state index in [0.29, 0.717) is 22.3 Å². The molecule has 1 N–H and O–H groups in total. The zero-order valence-electron chi connectivity index (χ0n) is 12.1. The molecule has 0 heterocycles.